The van der Waals surface area contributed by atoms with Crippen molar-refractivity contribution in [2.75, 3.05) is 19.0 Å². The lowest BCUT2D eigenvalue weighted by molar-refractivity contribution is -0.683. The lowest BCUT2D eigenvalue weighted by Gasteiger charge is -2.10. The lowest BCUT2D eigenvalue weighted by atomic mass is 10.0. The fourth-order valence-electron chi connectivity index (χ4n) is 3.71. The molecular weight excluding hydrogens is 346 g/mol. The maximum atomic E-state index is 13.4. The van der Waals surface area contributed by atoms with Gasteiger partial charge in [-0.1, -0.05) is 48.5 Å². The molecule has 0 radical (unpaired) electrons. The number of benzene rings is 2. The number of hydrogen-bond donors (Lipinski definition) is 0. The largest absolute Gasteiger partial charge is 0.377 e. The molecule has 0 saturated carbocycles. The Morgan fingerprint density at radius 3 is 2.25 bits per heavy atom. The van der Waals surface area contributed by atoms with E-state index < -0.39 is 0 Å². The van der Waals surface area contributed by atoms with Gasteiger partial charge in [0.15, 0.2) is 12.4 Å². The monoisotopic (exact) mass is 370 g/mol. The van der Waals surface area contributed by atoms with Crippen LogP contribution >= 0.6 is 0 Å². The van der Waals surface area contributed by atoms with Gasteiger partial charge in [-0.15, -0.1) is 0 Å². The Balaban J connectivity index is 1.80. The van der Waals surface area contributed by atoms with E-state index in [-0.39, 0.29) is 5.78 Å². The molecule has 4 rings (SSSR count). The smallest absolute Gasteiger partial charge is 0.230 e. The lowest BCUT2D eigenvalue weighted by Crippen LogP contribution is -2.37. The zero-order valence-corrected chi connectivity index (χ0v) is 16.5. The van der Waals surface area contributed by atoms with Gasteiger partial charge in [0, 0.05) is 49.9 Å². The summed E-state index contributed by atoms with van der Waals surface area (Å²) >= 11 is 0. The number of pyridine rings is 1. The number of carbonyl (C=O) groups excluding carboxylic acids is 1. The molecule has 0 amide bonds. The summed E-state index contributed by atoms with van der Waals surface area (Å²) < 4.78 is 4.06. The molecule has 0 saturated heterocycles. The number of anilines is 1. The number of fused-ring (bicyclic) bond motifs is 1. The summed E-state index contributed by atoms with van der Waals surface area (Å²) in [7, 11) is 6.04. The van der Waals surface area contributed by atoms with Crippen molar-refractivity contribution >= 4 is 22.4 Å². The number of Topliss-reactive ketones (excluding diaryl/α,β-unsaturated/α-hetero) is 1. The average molecular weight is 370 g/mol. The number of para-hydroxylation sites is 1. The minimum Gasteiger partial charge on any atom is -0.377 e. The molecule has 0 spiro atoms. The highest BCUT2D eigenvalue weighted by Crippen LogP contribution is 2.33. The Morgan fingerprint density at radius 1 is 0.929 bits per heavy atom. The van der Waals surface area contributed by atoms with E-state index >= 15 is 0 Å². The van der Waals surface area contributed by atoms with Gasteiger partial charge in [0.25, 0.3) is 0 Å². The Morgan fingerprint density at radius 2 is 1.57 bits per heavy atom. The second kappa shape index (κ2) is 7.31. The molecule has 0 aliphatic carbocycles. The van der Waals surface area contributed by atoms with Crippen LogP contribution in [0.2, 0.25) is 0 Å². The van der Waals surface area contributed by atoms with Crippen LogP contribution in [0.4, 0.5) is 5.69 Å². The van der Waals surface area contributed by atoms with Gasteiger partial charge in [0.1, 0.15) is 0 Å². The van der Waals surface area contributed by atoms with Gasteiger partial charge in [-0.3, -0.25) is 4.79 Å². The fraction of sp³-hybridized carbons (Fsp3) is 0.167. The average Bonchev–Trinajstić information content (AvgIpc) is 3.02. The van der Waals surface area contributed by atoms with E-state index in [1.807, 2.05) is 91.5 Å². The van der Waals surface area contributed by atoms with Crippen LogP contribution < -0.4 is 9.47 Å². The first-order valence-electron chi connectivity index (χ1n) is 9.38. The normalized spacial score (nSPS) is 11.0. The number of rotatable bonds is 5. The highest BCUT2D eigenvalue weighted by atomic mass is 16.1. The Kier molecular flexibility index (Phi) is 4.70. The molecule has 0 fully saturated rings. The van der Waals surface area contributed by atoms with E-state index in [0.717, 1.165) is 33.4 Å². The zero-order chi connectivity index (χ0) is 19.7. The molecule has 2 aromatic carbocycles. The Labute approximate surface area is 165 Å². The van der Waals surface area contributed by atoms with E-state index in [1.54, 1.807) is 0 Å². The molecule has 0 unspecified atom stereocenters. The van der Waals surface area contributed by atoms with Crippen molar-refractivity contribution in [3.63, 3.8) is 0 Å². The van der Waals surface area contributed by atoms with E-state index in [9.17, 15) is 4.79 Å². The first kappa shape index (κ1) is 18.0. The van der Waals surface area contributed by atoms with Gasteiger partial charge in [-0.25, -0.2) is 0 Å². The van der Waals surface area contributed by atoms with Crippen molar-refractivity contribution in [3.05, 3.63) is 84.7 Å². The third-order valence-electron chi connectivity index (χ3n) is 5.15. The third kappa shape index (κ3) is 3.18. The van der Waals surface area contributed by atoms with Crippen molar-refractivity contribution in [2.45, 2.75) is 6.54 Å². The van der Waals surface area contributed by atoms with E-state index in [4.69, 9.17) is 0 Å². The van der Waals surface area contributed by atoms with Crippen LogP contribution in [0.3, 0.4) is 0 Å². The highest BCUT2D eigenvalue weighted by Gasteiger charge is 2.24. The van der Waals surface area contributed by atoms with E-state index in [0.29, 0.717) is 6.54 Å². The second-order valence-corrected chi connectivity index (χ2v) is 7.21. The van der Waals surface area contributed by atoms with Crippen molar-refractivity contribution in [1.29, 1.82) is 0 Å². The van der Waals surface area contributed by atoms with Crippen LogP contribution in [0.25, 0.3) is 22.2 Å². The van der Waals surface area contributed by atoms with Gasteiger partial charge < -0.3 is 9.47 Å². The summed E-state index contributed by atoms with van der Waals surface area (Å²) in [6.07, 6.45) is 3.92. The molecule has 0 aliphatic rings. The van der Waals surface area contributed by atoms with Gasteiger partial charge in [0.05, 0.1) is 11.3 Å². The number of carbonyl (C=O) groups is 1. The third-order valence-corrected chi connectivity index (χ3v) is 5.15. The number of aryl methyl sites for hydroxylation is 1. The van der Waals surface area contributed by atoms with E-state index in [2.05, 4.69) is 22.8 Å². The topological polar surface area (TPSA) is 29.1 Å². The van der Waals surface area contributed by atoms with E-state index in [1.165, 1.54) is 0 Å². The maximum Gasteiger partial charge on any atom is 0.230 e. The molecular formula is C24H24N3O+. The van der Waals surface area contributed by atoms with Crippen LogP contribution in [0.1, 0.15) is 10.4 Å². The Hall–Kier alpha value is -3.40. The van der Waals surface area contributed by atoms with Crippen LogP contribution in [0.5, 0.6) is 0 Å². The number of hydrogen-bond acceptors (Lipinski definition) is 2. The summed E-state index contributed by atoms with van der Waals surface area (Å²) in [6, 6.07) is 22.3. The maximum absolute atomic E-state index is 13.4. The molecule has 0 atom stereocenters. The summed E-state index contributed by atoms with van der Waals surface area (Å²) in [6.45, 7) is 0.307. The predicted octanol–water partition coefficient (Wildman–Crippen LogP) is 4.08. The first-order valence-corrected chi connectivity index (χ1v) is 9.38. The minimum atomic E-state index is 0.109. The number of ketones is 1. The molecule has 28 heavy (non-hydrogen) atoms. The predicted molar refractivity (Wildman–Crippen MR) is 114 cm³/mol. The second-order valence-electron chi connectivity index (χ2n) is 7.21. The SMILES string of the molecule is CN(C)c1cc[n+](CC(=O)c2c(-c3ccccc3)n(C)c3ccccc23)cc1. The molecule has 0 aliphatic heterocycles. The van der Waals surface area contributed by atoms with Gasteiger partial charge in [0.2, 0.25) is 12.3 Å². The summed E-state index contributed by atoms with van der Waals surface area (Å²) in [5, 5.41) is 0.999. The number of nitrogens with zero attached hydrogens (tertiary/aromatic N) is 3. The van der Waals surface area contributed by atoms with Crippen molar-refractivity contribution in [3.8, 4) is 11.3 Å². The molecule has 2 heterocycles. The van der Waals surface area contributed by atoms with Crippen molar-refractivity contribution in [2.24, 2.45) is 7.05 Å². The number of aromatic nitrogens is 2. The van der Waals surface area contributed by atoms with Crippen LogP contribution in [-0.4, -0.2) is 24.4 Å². The first-order chi connectivity index (χ1) is 13.6. The standard InChI is InChI=1S/C24H24N3O/c1-25(2)19-13-15-27(16-14-19)17-22(28)23-20-11-7-8-12-21(20)26(3)24(23)18-9-5-4-6-10-18/h4-16H,17H2,1-3H3/q+1. The fourth-order valence-corrected chi connectivity index (χ4v) is 3.71. The summed E-state index contributed by atoms with van der Waals surface area (Å²) in [5.41, 5.74) is 4.99. The van der Waals surface area contributed by atoms with Crippen LogP contribution in [-0.2, 0) is 13.6 Å². The summed E-state index contributed by atoms with van der Waals surface area (Å²) in [4.78, 5) is 15.5. The van der Waals surface area contributed by atoms with Crippen molar-refractivity contribution < 1.29 is 9.36 Å². The van der Waals surface area contributed by atoms with Gasteiger partial charge >= 0.3 is 0 Å². The van der Waals surface area contributed by atoms with Crippen LogP contribution in [0.15, 0.2) is 79.1 Å². The summed E-state index contributed by atoms with van der Waals surface area (Å²) in [5.74, 6) is 0.109. The molecule has 4 nitrogen and oxygen atoms in total. The minimum absolute atomic E-state index is 0.109. The molecule has 0 bridgehead atoms. The van der Waals surface area contributed by atoms with Crippen LogP contribution in [0, 0.1) is 0 Å². The Bertz CT molecular complexity index is 1130. The van der Waals surface area contributed by atoms with Crippen molar-refractivity contribution in [1.82, 2.24) is 4.57 Å². The molecule has 4 heteroatoms. The van der Waals surface area contributed by atoms with Gasteiger partial charge in [-0.05, 0) is 11.6 Å². The van der Waals surface area contributed by atoms with Gasteiger partial charge in [-0.2, -0.15) is 4.57 Å². The molecule has 2 aromatic heterocycles. The zero-order valence-electron chi connectivity index (χ0n) is 16.5. The molecule has 4 aromatic rings. The highest BCUT2D eigenvalue weighted by molar-refractivity contribution is 6.13. The quantitative estimate of drug-likeness (QED) is 0.391. The molecule has 140 valence electrons. The molecule has 0 N–H and O–H groups in total.